The predicted octanol–water partition coefficient (Wildman–Crippen LogP) is 2.27. The van der Waals surface area contributed by atoms with Crippen molar-refractivity contribution in [1.29, 1.82) is 0 Å². The van der Waals surface area contributed by atoms with Crippen LogP contribution in [0.2, 0.25) is 5.02 Å². The second-order valence-corrected chi connectivity index (χ2v) is 6.25. The summed E-state index contributed by atoms with van der Waals surface area (Å²) in [7, 11) is 1.81. The monoisotopic (exact) mass is 274 g/mol. The van der Waals surface area contributed by atoms with Crippen LogP contribution in [-0.4, -0.2) is 31.4 Å². The van der Waals surface area contributed by atoms with Crippen LogP contribution in [-0.2, 0) is 18.3 Å². The number of hydrogen-bond donors (Lipinski definition) is 1. The molecule has 1 N–H and O–H groups in total. The summed E-state index contributed by atoms with van der Waals surface area (Å²) in [6.07, 6.45) is 2.10. The Hall–Kier alpha value is -0.680. The number of carboxylic acid groups (broad SMARTS) is 1. The first-order valence-corrected chi connectivity index (χ1v) is 6.88. The molecular formula is C11H15ClN2O2S. The molecule has 6 heteroatoms. The van der Waals surface area contributed by atoms with Gasteiger partial charge in [-0.05, 0) is 25.5 Å². The van der Waals surface area contributed by atoms with E-state index in [4.69, 9.17) is 11.6 Å². The van der Waals surface area contributed by atoms with Crippen molar-refractivity contribution in [2.45, 2.75) is 30.9 Å². The van der Waals surface area contributed by atoms with Crippen LogP contribution in [0, 0.1) is 6.92 Å². The van der Waals surface area contributed by atoms with Gasteiger partial charge in [0.05, 0.1) is 16.4 Å². The molecule has 0 saturated carbocycles. The van der Waals surface area contributed by atoms with Gasteiger partial charge in [0.15, 0.2) is 0 Å². The number of carboxylic acids is 1. The fourth-order valence-corrected chi connectivity index (χ4v) is 3.78. The quantitative estimate of drug-likeness (QED) is 0.919. The number of carbonyl (C=O) groups is 1. The summed E-state index contributed by atoms with van der Waals surface area (Å²) in [6.45, 7) is 1.83. The first-order valence-electron chi connectivity index (χ1n) is 5.51. The van der Waals surface area contributed by atoms with Crippen LogP contribution in [0.5, 0.6) is 0 Å². The lowest BCUT2D eigenvalue weighted by atomic mass is 9.97. The zero-order valence-corrected chi connectivity index (χ0v) is 11.4. The lowest BCUT2D eigenvalue weighted by molar-refractivity contribution is -0.139. The Bertz CT molecular complexity index is 453. The second kappa shape index (κ2) is 4.53. The van der Waals surface area contributed by atoms with Crippen LogP contribution in [0.15, 0.2) is 0 Å². The van der Waals surface area contributed by atoms with Crippen LogP contribution in [0.1, 0.15) is 24.2 Å². The highest BCUT2D eigenvalue weighted by molar-refractivity contribution is 8.01. The predicted molar refractivity (Wildman–Crippen MR) is 68.7 cm³/mol. The van der Waals surface area contributed by atoms with Crippen molar-refractivity contribution in [3.63, 3.8) is 0 Å². The van der Waals surface area contributed by atoms with E-state index in [0.29, 0.717) is 17.9 Å². The molecule has 2 heterocycles. The average molecular weight is 275 g/mol. The Labute approximate surface area is 109 Å². The number of hydrogen-bond acceptors (Lipinski definition) is 3. The van der Waals surface area contributed by atoms with Crippen LogP contribution < -0.4 is 0 Å². The summed E-state index contributed by atoms with van der Waals surface area (Å²) in [4.78, 5) is 11.5. The molecule has 94 valence electrons. The second-order valence-electron chi connectivity index (χ2n) is 4.40. The fourth-order valence-electron chi connectivity index (χ4n) is 2.22. The smallest absolute Gasteiger partial charge is 0.320 e. The number of thioether (sulfide) groups is 1. The molecule has 1 fully saturated rings. The van der Waals surface area contributed by atoms with Gasteiger partial charge in [-0.2, -0.15) is 5.10 Å². The molecule has 1 aliphatic heterocycles. The Morgan fingerprint density at radius 1 is 1.71 bits per heavy atom. The van der Waals surface area contributed by atoms with Gasteiger partial charge < -0.3 is 5.11 Å². The van der Waals surface area contributed by atoms with Gasteiger partial charge in [-0.25, -0.2) is 0 Å². The van der Waals surface area contributed by atoms with E-state index in [1.807, 2.05) is 14.0 Å². The molecule has 0 spiro atoms. The molecule has 0 aliphatic carbocycles. The first kappa shape index (κ1) is 12.8. The molecule has 0 bridgehead atoms. The molecular weight excluding hydrogens is 260 g/mol. The van der Waals surface area contributed by atoms with Gasteiger partial charge in [0.1, 0.15) is 4.75 Å². The van der Waals surface area contributed by atoms with E-state index >= 15 is 0 Å². The van der Waals surface area contributed by atoms with Crippen molar-refractivity contribution < 1.29 is 9.90 Å². The Balaban J connectivity index is 2.33. The third-order valence-electron chi connectivity index (χ3n) is 3.21. The van der Waals surface area contributed by atoms with E-state index in [2.05, 4.69) is 5.10 Å². The Morgan fingerprint density at radius 3 is 2.82 bits per heavy atom. The van der Waals surface area contributed by atoms with Crippen LogP contribution >= 0.6 is 23.4 Å². The van der Waals surface area contributed by atoms with Crippen LogP contribution in [0.3, 0.4) is 0 Å². The topological polar surface area (TPSA) is 55.1 Å². The molecule has 1 aromatic heterocycles. The Morgan fingerprint density at radius 2 is 2.41 bits per heavy atom. The van der Waals surface area contributed by atoms with E-state index in [1.165, 1.54) is 11.8 Å². The SMILES string of the molecule is Cc1nn(C)c(CC2(C(=O)O)CCCS2)c1Cl. The highest BCUT2D eigenvalue weighted by Crippen LogP contribution is 2.42. The van der Waals surface area contributed by atoms with Crippen molar-refractivity contribution in [3.8, 4) is 0 Å². The van der Waals surface area contributed by atoms with E-state index in [9.17, 15) is 9.90 Å². The van der Waals surface area contributed by atoms with E-state index < -0.39 is 10.7 Å². The van der Waals surface area contributed by atoms with E-state index in [-0.39, 0.29) is 0 Å². The minimum Gasteiger partial charge on any atom is -0.480 e. The summed E-state index contributed by atoms with van der Waals surface area (Å²) in [5.74, 6) is 0.163. The van der Waals surface area contributed by atoms with Crippen molar-refractivity contribution in [2.75, 3.05) is 5.75 Å². The molecule has 1 saturated heterocycles. The molecule has 1 aliphatic rings. The molecule has 17 heavy (non-hydrogen) atoms. The van der Waals surface area contributed by atoms with Gasteiger partial charge >= 0.3 is 5.97 Å². The standard InChI is InChI=1S/C11H15ClN2O2S/c1-7-9(12)8(14(2)13-7)6-11(10(15)16)4-3-5-17-11/h3-6H2,1-2H3,(H,15,16). The van der Waals surface area contributed by atoms with Gasteiger partial charge in [-0.3, -0.25) is 9.48 Å². The van der Waals surface area contributed by atoms with Gasteiger partial charge in [-0.15, -0.1) is 11.8 Å². The van der Waals surface area contributed by atoms with Gasteiger partial charge in [0, 0.05) is 13.5 Å². The Kier molecular flexibility index (Phi) is 3.41. The summed E-state index contributed by atoms with van der Waals surface area (Å²) in [5.41, 5.74) is 1.58. The molecule has 4 nitrogen and oxygen atoms in total. The third-order valence-corrected chi connectivity index (χ3v) is 5.27. The minimum absolute atomic E-state index is 0.448. The number of aromatic nitrogens is 2. The zero-order valence-electron chi connectivity index (χ0n) is 9.86. The molecule has 1 aromatic rings. The minimum atomic E-state index is -0.741. The fraction of sp³-hybridized carbons (Fsp3) is 0.636. The number of rotatable bonds is 3. The van der Waals surface area contributed by atoms with Crippen molar-refractivity contribution in [3.05, 3.63) is 16.4 Å². The average Bonchev–Trinajstić information content (AvgIpc) is 2.81. The molecule has 0 radical (unpaired) electrons. The summed E-state index contributed by atoms with van der Waals surface area (Å²) in [5, 5.41) is 14.2. The maximum Gasteiger partial charge on any atom is 0.320 e. The number of halogens is 1. The third kappa shape index (κ3) is 2.18. The van der Waals surface area contributed by atoms with Crippen molar-refractivity contribution >= 4 is 29.3 Å². The molecule has 0 aromatic carbocycles. The molecule has 0 amide bonds. The number of aryl methyl sites for hydroxylation is 2. The highest BCUT2D eigenvalue weighted by atomic mass is 35.5. The summed E-state index contributed by atoms with van der Waals surface area (Å²) in [6, 6.07) is 0. The van der Waals surface area contributed by atoms with Crippen LogP contribution in [0.25, 0.3) is 0 Å². The summed E-state index contributed by atoms with van der Waals surface area (Å²) < 4.78 is 0.977. The van der Waals surface area contributed by atoms with Gasteiger partial charge in [0.25, 0.3) is 0 Å². The van der Waals surface area contributed by atoms with E-state index in [1.54, 1.807) is 4.68 Å². The van der Waals surface area contributed by atoms with Gasteiger partial charge in [-0.1, -0.05) is 11.6 Å². The summed E-state index contributed by atoms with van der Waals surface area (Å²) >= 11 is 7.69. The molecule has 1 atom stereocenters. The molecule has 1 unspecified atom stereocenters. The maximum atomic E-state index is 11.5. The van der Waals surface area contributed by atoms with Crippen molar-refractivity contribution in [2.24, 2.45) is 7.05 Å². The van der Waals surface area contributed by atoms with Gasteiger partial charge in [0.2, 0.25) is 0 Å². The number of aliphatic carboxylic acids is 1. The first-order chi connectivity index (χ1) is 7.96. The normalized spacial score (nSPS) is 24.2. The van der Waals surface area contributed by atoms with Crippen LogP contribution in [0.4, 0.5) is 0 Å². The number of nitrogens with zero attached hydrogens (tertiary/aromatic N) is 2. The lowest BCUT2D eigenvalue weighted by Crippen LogP contribution is -2.35. The highest BCUT2D eigenvalue weighted by Gasteiger charge is 2.43. The largest absolute Gasteiger partial charge is 0.480 e. The zero-order chi connectivity index (χ0) is 12.6. The maximum absolute atomic E-state index is 11.5. The molecule has 2 rings (SSSR count). The lowest BCUT2D eigenvalue weighted by Gasteiger charge is -2.22. The van der Waals surface area contributed by atoms with E-state index in [0.717, 1.165) is 23.6 Å². The van der Waals surface area contributed by atoms with Crippen molar-refractivity contribution in [1.82, 2.24) is 9.78 Å².